The van der Waals surface area contributed by atoms with Gasteiger partial charge in [0.1, 0.15) is 0 Å². The minimum atomic E-state index is -3.68. The monoisotopic (exact) mass is 444 g/mol. The predicted octanol–water partition coefficient (Wildman–Crippen LogP) is 6.24. The van der Waals surface area contributed by atoms with Gasteiger partial charge >= 0.3 is 0 Å². The number of rotatable bonds is 4. The Morgan fingerprint density at radius 1 is 0.938 bits per heavy atom. The molecule has 3 atom stereocenters. The molecule has 4 nitrogen and oxygen atoms in total. The van der Waals surface area contributed by atoms with Crippen molar-refractivity contribution in [3.8, 4) is 0 Å². The van der Waals surface area contributed by atoms with Crippen molar-refractivity contribution >= 4 is 21.4 Å². The molecule has 0 fully saturated rings. The van der Waals surface area contributed by atoms with Crippen molar-refractivity contribution in [2.24, 2.45) is 5.92 Å². The van der Waals surface area contributed by atoms with E-state index in [2.05, 4.69) is 53.4 Å². The molecule has 0 bridgehead atoms. The summed E-state index contributed by atoms with van der Waals surface area (Å²) >= 11 is 0. The molecule has 2 aliphatic rings. The van der Waals surface area contributed by atoms with Crippen molar-refractivity contribution in [1.82, 2.24) is 0 Å². The maximum atomic E-state index is 13.2. The molecular weight excluding hydrogens is 416 g/mol. The van der Waals surface area contributed by atoms with Gasteiger partial charge in [0, 0.05) is 11.6 Å². The van der Waals surface area contributed by atoms with Crippen molar-refractivity contribution in [2.75, 3.05) is 10.0 Å². The van der Waals surface area contributed by atoms with Crippen molar-refractivity contribution in [1.29, 1.82) is 0 Å². The van der Waals surface area contributed by atoms with E-state index in [1.807, 2.05) is 44.2 Å². The van der Waals surface area contributed by atoms with E-state index in [0.29, 0.717) is 16.5 Å². The summed E-state index contributed by atoms with van der Waals surface area (Å²) in [4.78, 5) is 0.297. The standard InChI is InChI=1S/C27H28N2O2S/c1-17-6-4-7-20(15-17)27-23-9-5-8-22(23)24-16-21(11-13-26(24)28-27)32(30,31)29-25-12-10-18(2)14-19(25)3/h4-8,10-16,22-23,27-29H,9H2,1-3H3. The van der Waals surface area contributed by atoms with E-state index in [1.54, 1.807) is 6.07 Å². The molecule has 0 amide bonds. The number of allylic oxidation sites excluding steroid dienone is 2. The average Bonchev–Trinajstić information content (AvgIpc) is 3.25. The highest BCUT2D eigenvalue weighted by Crippen LogP contribution is 2.50. The Labute approximate surface area is 190 Å². The Balaban J connectivity index is 1.49. The van der Waals surface area contributed by atoms with Crippen LogP contribution in [0, 0.1) is 26.7 Å². The number of hydrogen-bond acceptors (Lipinski definition) is 3. The van der Waals surface area contributed by atoms with Gasteiger partial charge < -0.3 is 5.32 Å². The Hall–Kier alpha value is -3.05. The second kappa shape index (κ2) is 7.82. The molecule has 0 radical (unpaired) electrons. The van der Waals surface area contributed by atoms with E-state index < -0.39 is 10.0 Å². The zero-order chi connectivity index (χ0) is 22.5. The average molecular weight is 445 g/mol. The van der Waals surface area contributed by atoms with Crippen LogP contribution in [0.15, 0.2) is 77.7 Å². The molecule has 1 aliphatic carbocycles. The third-order valence-electron chi connectivity index (χ3n) is 6.67. The lowest BCUT2D eigenvalue weighted by Crippen LogP contribution is -2.29. The van der Waals surface area contributed by atoms with Crippen LogP contribution in [0.4, 0.5) is 11.4 Å². The highest BCUT2D eigenvalue weighted by Gasteiger charge is 2.38. The Morgan fingerprint density at radius 3 is 2.53 bits per heavy atom. The normalized spacial score (nSPS) is 21.5. The van der Waals surface area contributed by atoms with E-state index in [4.69, 9.17) is 0 Å². The Morgan fingerprint density at radius 2 is 1.75 bits per heavy atom. The molecule has 1 aliphatic heterocycles. The summed E-state index contributed by atoms with van der Waals surface area (Å²) in [6.07, 6.45) is 5.44. The number of aryl methyl sites for hydroxylation is 3. The summed E-state index contributed by atoms with van der Waals surface area (Å²) in [6, 6.07) is 20.0. The van der Waals surface area contributed by atoms with Crippen LogP contribution >= 0.6 is 0 Å². The molecule has 5 rings (SSSR count). The summed E-state index contributed by atoms with van der Waals surface area (Å²) in [6.45, 7) is 6.03. The molecule has 32 heavy (non-hydrogen) atoms. The summed E-state index contributed by atoms with van der Waals surface area (Å²) in [5.74, 6) is 0.572. The second-order valence-electron chi connectivity index (χ2n) is 9.06. The SMILES string of the molecule is Cc1cccc(C2Nc3ccc(S(=O)(=O)Nc4ccc(C)cc4C)cc3C3C=CCC32)c1. The van der Waals surface area contributed by atoms with Crippen LogP contribution in [-0.2, 0) is 10.0 Å². The summed E-state index contributed by atoms with van der Waals surface area (Å²) < 4.78 is 29.2. The van der Waals surface area contributed by atoms with Crippen molar-refractivity contribution in [2.45, 2.75) is 44.0 Å². The smallest absolute Gasteiger partial charge is 0.261 e. The lowest BCUT2D eigenvalue weighted by atomic mass is 9.77. The zero-order valence-corrected chi connectivity index (χ0v) is 19.4. The van der Waals surface area contributed by atoms with E-state index >= 15 is 0 Å². The molecule has 2 N–H and O–H groups in total. The first kappa shape index (κ1) is 20.8. The minimum Gasteiger partial charge on any atom is -0.378 e. The molecule has 3 unspecified atom stereocenters. The van der Waals surface area contributed by atoms with Gasteiger partial charge in [0.05, 0.1) is 16.6 Å². The van der Waals surface area contributed by atoms with Crippen LogP contribution in [-0.4, -0.2) is 8.42 Å². The molecule has 0 saturated heterocycles. The zero-order valence-electron chi connectivity index (χ0n) is 18.6. The lowest BCUT2D eigenvalue weighted by molar-refractivity contribution is 0.425. The van der Waals surface area contributed by atoms with Crippen LogP contribution in [0.3, 0.4) is 0 Å². The maximum absolute atomic E-state index is 13.2. The van der Waals surface area contributed by atoms with E-state index in [9.17, 15) is 8.42 Å². The predicted molar refractivity (Wildman–Crippen MR) is 131 cm³/mol. The molecule has 3 aromatic carbocycles. The molecule has 5 heteroatoms. The molecule has 0 aromatic heterocycles. The van der Waals surface area contributed by atoms with Gasteiger partial charge in [-0.05, 0) is 74.1 Å². The van der Waals surface area contributed by atoms with Gasteiger partial charge in [0.15, 0.2) is 0 Å². The summed E-state index contributed by atoms with van der Waals surface area (Å²) in [5, 5.41) is 3.70. The van der Waals surface area contributed by atoms with Gasteiger partial charge in [0.25, 0.3) is 10.0 Å². The van der Waals surface area contributed by atoms with Crippen LogP contribution in [0.1, 0.15) is 46.2 Å². The number of sulfonamides is 1. The van der Waals surface area contributed by atoms with Gasteiger partial charge in [-0.1, -0.05) is 59.7 Å². The molecule has 1 heterocycles. The quantitative estimate of drug-likeness (QED) is 0.468. The first-order valence-electron chi connectivity index (χ1n) is 11.1. The van der Waals surface area contributed by atoms with E-state index in [0.717, 1.165) is 28.8 Å². The number of benzene rings is 3. The van der Waals surface area contributed by atoms with Crippen molar-refractivity contribution in [3.05, 3.63) is 101 Å². The van der Waals surface area contributed by atoms with Gasteiger partial charge in [-0.3, -0.25) is 4.72 Å². The molecule has 164 valence electrons. The van der Waals surface area contributed by atoms with Gasteiger partial charge in [0.2, 0.25) is 0 Å². The maximum Gasteiger partial charge on any atom is 0.261 e. The van der Waals surface area contributed by atoms with Crippen molar-refractivity contribution < 1.29 is 8.42 Å². The van der Waals surface area contributed by atoms with Gasteiger partial charge in [-0.25, -0.2) is 8.42 Å². The summed E-state index contributed by atoms with van der Waals surface area (Å²) in [5.41, 5.74) is 7.22. The highest BCUT2D eigenvalue weighted by molar-refractivity contribution is 7.92. The van der Waals surface area contributed by atoms with Crippen LogP contribution in [0.5, 0.6) is 0 Å². The third kappa shape index (κ3) is 3.71. The van der Waals surface area contributed by atoms with Crippen LogP contribution in [0.2, 0.25) is 0 Å². The van der Waals surface area contributed by atoms with Gasteiger partial charge in [-0.2, -0.15) is 0 Å². The topological polar surface area (TPSA) is 58.2 Å². The van der Waals surface area contributed by atoms with E-state index in [1.165, 1.54) is 11.1 Å². The fourth-order valence-electron chi connectivity index (χ4n) is 5.07. The Bertz CT molecular complexity index is 1330. The molecular formula is C27H28N2O2S. The number of nitrogens with one attached hydrogen (secondary N) is 2. The third-order valence-corrected chi connectivity index (χ3v) is 8.04. The summed E-state index contributed by atoms with van der Waals surface area (Å²) in [7, 11) is -3.68. The second-order valence-corrected chi connectivity index (χ2v) is 10.7. The Kier molecular flexibility index (Phi) is 5.09. The molecule has 3 aromatic rings. The number of anilines is 2. The van der Waals surface area contributed by atoms with E-state index in [-0.39, 0.29) is 12.0 Å². The van der Waals surface area contributed by atoms with Crippen LogP contribution < -0.4 is 10.0 Å². The minimum absolute atomic E-state index is 0.202. The fourth-order valence-corrected chi connectivity index (χ4v) is 6.23. The van der Waals surface area contributed by atoms with Crippen LogP contribution in [0.25, 0.3) is 0 Å². The number of fused-ring (bicyclic) bond motifs is 3. The first-order chi connectivity index (χ1) is 15.3. The number of hydrogen-bond donors (Lipinski definition) is 2. The fraction of sp³-hybridized carbons (Fsp3) is 0.259. The lowest BCUT2D eigenvalue weighted by Gasteiger charge is -2.37. The highest BCUT2D eigenvalue weighted by atomic mass is 32.2. The largest absolute Gasteiger partial charge is 0.378 e. The molecule has 0 saturated carbocycles. The first-order valence-corrected chi connectivity index (χ1v) is 12.5. The molecule has 0 spiro atoms. The van der Waals surface area contributed by atoms with Crippen molar-refractivity contribution in [3.63, 3.8) is 0 Å². The van der Waals surface area contributed by atoms with Gasteiger partial charge in [-0.15, -0.1) is 0 Å².